The molecule has 5 heteroatoms. The van der Waals surface area contributed by atoms with E-state index in [0.29, 0.717) is 11.5 Å². The molecule has 1 heterocycles. The van der Waals surface area contributed by atoms with Crippen LogP contribution in [0.3, 0.4) is 0 Å². The Kier molecular flexibility index (Phi) is 3.00. The van der Waals surface area contributed by atoms with Crippen LogP contribution < -0.4 is 0 Å². The van der Waals surface area contributed by atoms with E-state index < -0.39 is 22.2 Å². The average molecular weight is 332 g/mol. The van der Waals surface area contributed by atoms with E-state index in [0.717, 1.165) is 12.8 Å². The molecule has 4 atom stereocenters. The van der Waals surface area contributed by atoms with Crippen molar-refractivity contribution in [2.45, 2.75) is 51.9 Å². The number of ether oxygens (including phenoxy) is 1. The van der Waals surface area contributed by atoms with Crippen LogP contribution in [0.4, 0.5) is 0 Å². The first-order valence-corrected chi connectivity index (χ1v) is 8.54. The third-order valence-corrected chi connectivity index (χ3v) is 6.50. The summed E-state index contributed by atoms with van der Waals surface area (Å²) in [5.74, 6) is -1.28. The lowest BCUT2D eigenvalue weighted by molar-refractivity contribution is -0.473. The predicted octanol–water partition coefficient (Wildman–Crippen LogP) is 2.76. The largest absolute Gasteiger partial charge is 0.346 e. The molecule has 2 saturated carbocycles. The molecule has 4 rings (SSSR count). The van der Waals surface area contributed by atoms with Gasteiger partial charge in [0.2, 0.25) is 5.79 Å². The number of hydrogen-bond acceptors (Lipinski definition) is 5. The van der Waals surface area contributed by atoms with Crippen LogP contribution in [0.2, 0.25) is 0 Å². The monoisotopic (exact) mass is 332 g/mol. The van der Waals surface area contributed by atoms with Gasteiger partial charge < -0.3 is 4.74 Å². The molecule has 1 spiro atoms. The number of allylic oxidation sites excluding steroid dienone is 1. The van der Waals surface area contributed by atoms with E-state index >= 15 is 0 Å². The molecule has 0 unspecified atom stereocenters. The first kappa shape index (κ1) is 16.2. The summed E-state index contributed by atoms with van der Waals surface area (Å²) >= 11 is 0. The lowest BCUT2D eigenvalue weighted by Crippen LogP contribution is -2.67. The molecule has 0 aromatic rings. The number of Topliss-reactive ketones (excluding diaryl/α,β-unsaturated/α-hetero) is 2. The van der Waals surface area contributed by atoms with Gasteiger partial charge in [0.15, 0.2) is 11.6 Å². The maximum absolute atomic E-state index is 13.2. The lowest BCUT2D eigenvalue weighted by atomic mass is 9.57. The first-order chi connectivity index (χ1) is 11.1. The van der Waals surface area contributed by atoms with E-state index in [9.17, 15) is 9.59 Å². The van der Waals surface area contributed by atoms with E-state index in [2.05, 4.69) is 12.2 Å². The quantitative estimate of drug-likeness (QED) is 0.420. The van der Waals surface area contributed by atoms with E-state index in [1.807, 2.05) is 6.08 Å². The SMILES string of the molecule is CO[C@]12OO[C@@]3(C=C1C(=O)C(C)(C)C(=O)C2(C)C)C[C@@H]1C=C[C@H]3C1. The summed E-state index contributed by atoms with van der Waals surface area (Å²) in [6, 6.07) is 0. The average Bonchev–Trinajstić information content (AvgIpc) is 3.13. The molecule has 0 aromatic heterocycles. The minimum Gasteiger partial charge on any atom is -0.346 e. The van der Waals surface area contributed by atoms with Crippen LogP contribution in [0.5, 0.6) is 0 Å². The number of rotatable bonds is 1. The van der Waals surface area contributed by atoms with Crippen LogP contribution >= 0.6 is 0 Å². The molecule has 0 aromatic carbocycles. The standard InChI is InChI=1S/C19H24O5/c1-16(2)14(20)13-10-18(9-11-6-7-12(18)8-11)23-24-19(13,22-5)17(3,4)15(16)21/h6-7,10-12H,8-9H2,1-5H3/t11-,12+,18-,19+/m1/s1. The molecule has 2 bridgehead atoms. The van der Waals surface area contributed by atoms with Crippen LogP contribution in [0.25, 0.3) is 0 Å². The van der Waals surface area contributed by atoms with Gasteiger partial charge >= 0.3 is 0 Å². The summed E-state index contributed by atoms with van der Waals surface area (Å²) < 4.78 is 5.64. The smallest absolute Gasteiger partial charge is 0.242 e. The zero-order chi connectivity index (χ0) is 17.5. The van der Waals surface area contributed by atoms with Gasteiger partial charge in [-0.3, -0.25) is 9.59 Å². The molecule has 130 valence electrons. The van der Waals surface area contributed by atoms with E-state index in [-0.39, 0.29) is 17.5 Å². The second-order valence-corrected chi connectivity index (χ2v) is 8.60. The number of carbonyl (C=O) groups is 2. The number of ketones is 2. The van der Waals surface area contributed by atoms with Crippen molar-refractivity contribution in [1.82, 2.24) is 0 Å². The Balaban J connectivity index is 1.91. The highest BCUT2D eigenvalue weighted by Crippen LogP contribution is 2.59. The fourth-order valence-corrected chi connectivity index (χ4v) is 5.08. The summed E-state index contributed by atoms with van der Waals surface area (Å²) in [5, 5.41) is 0. The van der Waals surface area contributed by atoms with Gasteiger partial charge in [-0.25, -0.2) is 4.89 Å². The second-order valence-electron chi connectivity index (χ2n) is 8.60. The minimum absolute atomic E-state index is 0.196. The Hall–Kier alpha value is -1.30. The topological polar surface area (TPSA) is 61.8 Å². The molecule has 5 nitrogen and oxygen atoms in total. The molecule has 0 amide bonds. The van der Waals surface area contributed by atoms with Crippen LogP contribution in [0, 0.1) is 22.7 Å². The van der Waals surface area contributed by atoms with Crippen molar-refractivity contribution < 1.29 is 24.1 Å². The Morgan fingerprint density at radius 2 is 1.83 bits per heavy atom. The van der Waals surface area contributed by atoms with E-state index in [1.54, 1.807) is 27.7 Å². The van der Waals surface area contributed by atoms with Gasteiger partial charge in [0.25, 0.3) is 0 Å². The Morgan fingerprint density at radius 3 is 2.38 bits per heavy atom. The summed E-state index contributed by atoms with van der Waals surface area (Å²) in [6.07, 6.45) is 8.04. The van der Waals surface area contributed by atoms with E-state index in [1.165, 1.54) is 7.11 Å². The van der Waals surface area contributed by atoms with Crippen molar-refractivity contribution in [2.24, 2.45) is 22.7 Å². The Bertz CT molecular complexity index is 701. The number of carbonyl (C=O) groups excluding carboxylic acids is 2. The van der Waals surface area contributed by atoms with Gasteiger partial charge in [-0.05, 0) is 52.5 Å². The van der Waals surface area contributed by atoms with Gasteiger partial charge in [-0.1, -0.05) is 12.2 Å². The molecule has 2 fully saturated rings. The van der Waals surface area contributed by atoms with Crippen molar-refractivity contribution >= 4 is 11.6 Å². The molecular weight excluding hydrogens is 308 g/mol. The zero-order valence-corrected chi connectivity index (χ0v) is 14.8. The molecule has 24 heavy (non-hydrogen) atoms. The van der Waals surface area contributed by atoms with Crippen molar-refractivity contribution in [2.75, 3.05) is 7.11 Å². The maximum Gasteiger partial charge on any atom is 0.242 e. The van der Waals surface area contributed by atoms with Crippen molar-refractivity contribution in [3.05, 3.63) is 23.8 Å². The summed E-state index contributed by atoms with van der Waals surface area (Å²) in [6.45, 7) is 6.87. The minimum atomic E-state index is -1.49. The molecule has 4 aliphatic rings. The molecule has 0 radical (unpaired) electrons. The van der Waals surface area contributed by atoms with Crippen LogP contribution in [-0.2, 0) is 24.1 Å². The Morgan fingerprint density at radius 1 is 1.12 bits per heavy atom. The van der Waals surface area contributed by atoms with Gasteiger partial charge in [0, 0.05) is 13.0 Å². The van der Waals surface area contributed by atoms with Gasteiger partial charge in [0.05, 0.1) is 16.4 Å². The molecule has 3 aliphatic carbocycles. The molecular formula is C19H24O5. The highest BCUT2D eigenvalue weighted by molar-refractivity contribution is 6.19. The highest BCUT2D eigenvalue weighted by atomic mass is 17.2. The summed E-state index contributed by atoms with van der Waals surface area (Å²) in [7, 11) is 1.45. The van der Waals surface area contributed by atoms with Crippen LogP contribution in [0.15, 0.2) is 23.8 Å². The molecule has 0 saturated heterocycles. The normalized spacial score (nSPS) is 44.8. The third kappa shape index (κ3) is 1.61. The highest BCUT2D eigenvalue weighted by Gasteiger charge is 2.70. The van der Waals surface area contributed by atoms with Crippen LogP contribution in [-0.4, -0.2) is 30.1 Å². The third-order valence-electron chi connectivity index (χ3n) is 6.50. The van der Waals surface area contributed by atoms with Crippen molar-refractivity contribution in [3.8, 4) is 0 Å². The number of fused-ring (bicyclic) bond motifs is 4. The summed E-state index contributed by atoms with van der Waals surface area (Å²) in [5.41, 5.74) is -2.35. The van der Waals surface area contributed by atoms with Crippen molar-refractivity contribution in [1.29, 1.82) is 0 Å². The van der Waals surface area contributed by atoms with Crippen LogP contribution in [0.1, 0.15) is 40.5 Å². The fourth-order valence-electron chi connectivity index (χ4n) is 5.08. The first-order valence-electron chi connectivity index (χ1n) is 8.54. The fraction of sp³-hybridized carbons (Fsp3) is 0.684. The lowest BCUT2D eigenvalue weighted by Gasteiger charge is -2.54. The van der Waals surface area contributed by atoms with Gasteiger partial charge in [0.1, 0.15) is 5.60 Å². The molecule has 0 N–H and O–H groups in total. The van der Waals surface area contributed by atoms with E-state index in [4.69, 9.17) is 14.5 Å². The van der Waals surface area contributed by atoms with Crippen molar-refractivity contribution in [3.63, 3.8) is 0 Å². The number of methoxy groups -OCH3 is 1. The maximum atomic E-state index is 13.2. The molecule has 1 aliphatic heterocycles. The summed E-state index contributed by atoms with van der Waals surface area (Å²) in [4.78, 5) is 37.8. The second kappa shape index (κ2) is 4.45. The zero-order valence-electron chi connectivity index (χ0n) is 14.8. The van der Waals surface area contributed by atoms with Gasteiger partial charge in [-0.2, -0.15) is 4.89 Å². The Labute approximate surface area is 141 Å². The predicted molar refractivity (Wildman–Crippen MR) is 85.7 cm³/mol. The number of hydrogen-bond donors (Lipinski definition) is 0. The van der Waals surface area contributed by atoms with Gasteiger partial charge in [-0.15, -0.1) is 0 Å².